The number of piperidine rings is 1. The van der Waals surface area contributed by atoms with Crippen LogP contribution in [0.1, 0.15) is 26.2 Å². The summed E-state index contributed by atoms with van der Waals surface area (Å²) in [5, 5.41) is 8.53. The quantitative estimate of drug-likeness (QED) is 0.742. The van der Waals surface area contributed by atoms with Crippen LogP contribution in [0.3, 0.4) is 0 Å². The van der Waals surface area contributed by atoms with Crippen LogP contribution in [-0.2, 0) is 19.1 Å². The number of carboxylic acid groups (broad SMARTS) is 1. The van der Waals surface area contributed by atoms with Crippen molar-refractivity contribution in [2.75, 3.05) is 20.2 Å². The van der Waals surface area contributed by atoms with Crippen LogP contribution in [0.5, 0.6) is 0 Å². The van der Waals surface area contributed by atoms with Gasteiger partial charge in [-0.3, -0.25) is 14.4 Å². The van der Waals surface area contributed by atoms with Crippen molar-refractivity contribution in [3.05, 3.63) is 0 Å². The maximum atomic E-state index is 11.7. The third-order valence-corrected chi connectivity index (χ3v) is 3.31. The molecule has 1 amide bonds. The van der Waals surface area contributed by atoms with Crippen molar-refractivity contribution in [2.24, 2.45) is 11.8 Å². The van der Waals surface area contributed by atoms with E-state index in [4.69, 9.17) is 9.84 Å². The smallest absolute Gasteiger partial charge is 0.309 e. The molecule has 0 aromatic rings. The second-order valence-electron chi connectivity index (χ2n) is 4.63. The molecular formula is C12H19NO5. The van der Waals surface area contributed by atoms with Crippen LogP contribution >= 0.6 is 0 Å². The van der Waals surface area contributed by atoms with Gasteiger partial charge >= 0.3 is 11.9 Å². The van der Waals surface area contributed by atoms with Gasteiger partial charge in [0.15, 0.2) is 0 Å². The van der Waals surface area contributed by atoms with Crippen LogP contribution in [0.2, 0.25) is 0 Å². The van der Waals surface area contributed by atoms with Gasteiger partial charge in [-0.1, -0.05) is 6.92 Å². The molecule has 6 heteroatoms. The number of hydrogen-bond acceptors (Lipinski definition) is 4. The average Bonchev–Trinajstić information content (AvgIpc) is 2.34. The third kappa shape index (κ3) is 3.72. The normalized spacial score (nSPS) is 23.6. The first-order valence-electron chi connectivity index (χ1n) is 6.03. The number of hydrogen-bond donors (Lipinski definition) is 1. The van der Waals surface area contributed by atoms with Gasteiger partial charge in [0.25, 0.3) is 0 Å². The molecule has 1 saturated heterocycles. The summed E-state index contributed by atoms with van der Waals surface area (Å²) in [6.07, 6.45) is 0.446. The molecule has 1 N–H and O–H groups in total. The molecule has 0 bridgehead atoms. The van der Waals surface area contributed by atoms with Crippen LogP contribution in [0.15, 0.2) is 0 Å². The number of aliphatic carboxylic acids is 1. The fourth-order valence-corrected chi connectivity index (χ4v) is 2.25. The number of esters is 1. The lowest BCUT2D eigenvalue weighted by atomic mass is 9.87. The Morgan fingerprint density at radius 2 is 2.00 bits per heavy atom. The van der Waals surface area contributed by atoms with Crippen LogP contribution < -0.4 is 0 Å². The van der Waals surface area contributed by atoms with Crippen molar-refractivity contribution >= 4 is 17.8 Å². The third-order valence-electron chi connectivity index (χ3n) is 3.31. The highest BCUT2D eigenvalue weighted by atomic mass is 16.5. The predicted octanol–water partition coefficient (Wildman–Crippen LogP) is 0.509. The molecular weight excluding hydrogens is 238 g/mol. The molecule has 0 aromatic carbocycles. The predicted molar refractivity (Wildman–Crippen MR) is 62.7 cm³/mol. The minimum atomic E-state index is -0.971. The van der Waals surface area contributed by atoms with E-state index in [0.717, 1.165) is 0 Å². The van der Waals surface area contributed by atoms with Gasteiger partial charge < -0.3 is 14.7 Å². The van der Waals surface area contributed by atoms with Gasteiger partial charge in [0, 0.05) is 19.5 Å². The summed E-state index contributed by atoms with van der Waals surface area (Å²) in [6.45, 7) is 2.87. The fourth-order valence-electron chi connectivity index (χ4n) is 2.25. The molecule has 1 heterocycles. The minimum Gasteiger partial charge on any atom is -0.481 e. The second kappa shape index (κ2) is 6.37. The van der Waals surface area contributed by atoms with Crippen molar-refractivity contribution in [3.63, 3.8) is 0 Å². The molecule has 1 aliphatic heterocycles. The van der Waals surface area contributed by atoms with Crippen LogP contribution in [-0.4, -0.2) is 48.1 Å². The van der Waals surface area contributed by atoms with Crippen LogP contribution in [0.25, 0.3) is 0 Å². The summed E-state index contributed by atoms with van der Waals surface area (Å²) in [5.74, 6) is -1.49. The zero-order valence-corrected chi connectivity index (χ0v) is 10.7. The Morgan fingerprint density at radius 3 is 2.50 bits per heavy atom. The molecule has 0 aliphatic carbocycles. The van der Waals surface area contributed by atoms with Crippen molar-refractivity contribution in [1.29, 1.82) is 0 Å². The van der Waals surface area contributed by atoms with E-state index in [1.165, 1.54) is 7.11 Å². The van der Waals surface area contributed by atoms with Crippen molar-refractivity contribution in [3.8, 4) is 0 Å². The van der Waals surface area contributed by atoms with Gasteiger partial charge in [-0.25, -0.2) is 0 Å². The zero-order chi connectivity index (χ0) is 13.7. The van der Waals surface area contributed by atoms with Gasteiger partial charge in [-0.2, -0.15) is 0 Å². The Balaban J connectivity index is 2.47. The van der Waals surface area contributed by atoms with Crippen molar-refractivity contribution in [1.82, 2.24) is 4.90 Å². The first kappa shape index (κ1) is 14.5. The molecule has 0 aromatic heterocycles. The number of nitrogens with zero attached hydrogens (tertiary/aromatic N) is 1. The molecule has 102 valence electrons. The van der Waals surface area contributed by atoms with Crippen LogP contribution in [0, 0.1) is 11.8 Å². The highest BCUT2D eigenvalue weighted by Crippen LogP contribution is 2.24. The number of carbonyl (C=O) groups is 3. The topological polar surface area (TPSA) is 83.9 Å². The Morgan fingerprint density at radius 1 is 1.33 bits per heavy atom. The van der Waals surface area contributed by atoms with E-state index in [2.05, 4.69) is 0 Å². The maximum absolute atomic E-state index is 11.7. The van der Waals surface area contributed by atoms with E-state index in [1.807, 2.05) is 6.92 Å². The molecule has 1 aliphatic rings. The number of rotatable bonds is 4. The molecule has 1 fully saturated rings. The number of carbonyl (C=O) groups excluding carboxylic acids is 2. The standard InChI is InChI=1S/C12H19NO5/c1-8-7-13(10(14)3-4-11(15)16)6-5-9(8)12(17)18-2/h8-9H,3-7H2,1-2H3,(H,15,16). The van der Waals surface area contributed by atoms with Gasteiger partial charge in [0.1, 0.15) is 0 Å². The molecule has 0 saturated carbocycles. The monoisotopic (exact) mass is 257 g/mol. The minimum absolute atomic E-state index is 0.0188. The molecule has 2 atom stereocenters. The molecule has 0 spiro atoms. The first-order valence-corrected chi connectivity index (χ1v) is 6.03. The number of methoxy groups -OCH3 is 1. The Kier molecular flexibility index (Phi) is 5.12. The lowest BCUT2D eigenvalue weighted by molar-refractivity contribution is -0.151. The van der Waals surface area contributed by atoms with Gasteiger partial charge in [-0.15, -0.1) is 0 Å². The number of amides is 1. The lowest BCUT2D eigenvalue weighted by Gasteiger charge is -2.35. The summed E-state index contributed by atoms with van der Waals surface area (Å²) >= 11 is 0. The van der Waals surface area contributed by atoms with Crippen LogP contribution in [0.4, 0.5) is 0 Å². The number of ether oxygens (including phenoxy) is 1. The molecule has 1 rings (SSSR count). The molecule has 18 heavy (non-hydrogen) atoms. The summed E-state index contributed by atoms with van der Waals surface area (Å²) in [7, 11) is 1.36. The average molecular weight is 257 g/mol. The summed E-state index contributed by atoms with van der Waals surface area (Å²) in [5.41, 5.74) is 0. The van der Waals surface area contributed by atoms with E-state index < -0.39 is 5.97 Å². The SMILES string of the molecule is COC(=O)C1CCN(C(=O)CCC(=O)O)CC1C. The summed E-state index contributed by atoms with van der Waals surface area (Å²) in [6, 6.07) is 0. The summed E-state index contributed by atoms with van der Waals surface area (Å²) in [4.78, 5) is 35.2. The van der Waals surface area contributed by atoms with Crippen molar-refractivity contribution < 1.29 is 24.2 Å². The molecule has 6 nitrogen and oxygen atoms in total. The Hall–Kier alpha value is -1.59. The largest absolute Gasteiger partial charge is 0.481 e. The van der Waals surface area contributed by atoms with Gasteiger partial charge in [-0.05, 0) is 12.3 Å². The van der Waals surface area contributed by atoms with E-state index in [9.17, 15) is 14.4 Å². The van der Waals surface area contributed by atoms with E-state index in [1.54, 1.807) is 4.90 Å². The fraction of sp³-hybridized carbons (Fsp3) is 0.750. The zero-order valence-electron chi connectivity index (χ0n) is 10.7. The highest BCUT2D eigenvalue weighted by Gasteiger charge is 2.33. The number of likely N-dealkylation sites (tertiary alicyclic amines) is 1. The first-order chi connectivity index (χ1) is 8.45. The second-order valence-corrected chi connectivity index (χ2v) is 4.63. The summed E-state index contributed by atoms with van der Waals surface area (Å²) < 4.78 is 4.71. The van der Waals surface area contributed by atoms with Crippen molar-refractivity contribution in [2.45, 2.75) is 26.2 Å². The molecule has 0 radical (unpaired) electrons. The van der Waals surface area contributed by atoms with Gasteiger partial charge in [0.05, 0.1) is 19.4 Å². The lowest BCUT2D eigenvalue weighted by Crippen LogP contribution is -2.45. The maximum Gasteiger partial charge on any atom is 0.309 e. The van der Waals surface area contributed by atoms with E-state index in [-0.39, 0.29) is 36.6 Å². The Bertz CT molecular complexity index is 341. The van der Waals surface area contributed by atoms with E-state index >= 15 is 0 Å². The van der Waals surface area contributed by atoms with Gasteiger partial charge in [0.2, 0.25) is 5.91 Å². The highest BCUT2D eigenvalue weighted by molar-refractivity contribution is 5.81. The van der Waals surface area contributed by atoms with E-state index in [0.29, 0.717) is 19.5 Å². The molecule has 2 unspecified atom stereocenters. The number of carboxylic acids is 1. The Labute approximate surface area is 106 Å².